The van der Waals surface area contributed by atoms with Crippen LogP contribution in [0, 0.1) is 0 Å². The fourth-order valence-electron chi connectivity index (χ4n) is 0.893. The van der Waals surface area contributed by atoms with E-state index in [1.807, 2.05) is 0 Å². The molecule has 0 aromatic heterocycles. The van der Waals surface area contributed by atoms with E-state index in [0.29, 0.717) is 19.8 Å². The standard InChI is InChI=1S/C10H19NO5/c1-2-3-5-15-6-4-11-9(12)7-16-8-10(13)14/h2-8H2,1H3,(H,11,12)(H,13,14). The van der Waals surface area contributed by atoms with Crippen molar-refractivity contribution in [1.29, 1.82) is 0 Å². The third-order valence-corrected chi connectivity index (χ3v) is 1.67. The molecule has 0 bridgehead atoms. The van der Waals surface area contributed by atoms with Gasteiger partial charge in [-0.25, -0.2) is 4.79 Å². The molecule has 0 rings (SSSR count). The fraction of sp³-hybridized carbons (Fsp3) is 0.800. The van der Waals surface area contributed by atoms with Crippen molar-refractivity contribution in [3.8, 4) is 0 Å². The van der Waals surface area contributed by atoms with Crippen LogP contribution in [-0.2, 0) is 19.1 Å². The zero-order valence-electron chi connectivity index (χ0n) is 9.53. The number of unbranched alkanes of at least 4 members (excludes halogenated alkanes) is 1. The van der Waals surface area contributed by atoms with Crippen molar-refractivity contribution in [2.24, 2.45) is 0 Å². The summed E-state index contributed by atoms with van der Waals surface area (Å²) in [5, 5.41) is 10.8. The van der Waals surface area contributed by atoms with Gasteiger partial charge < -0.3 is 19.9 Å². The molecule has 0 aromatic rings. The number of hydrogen-bond donors (Lipinski definition) is 2. The smallest absolute Gasteiger partial charge is 0.329 e. The number of aliphatic carboxylic acids is 1. The quantitative estimate of drug-likeness (QED) is 0.520. The van der Waals surface area contributed by atoms with Crippen LogP contribution in [0.5, 0.6) is 0 Å². The second-order valence-electron chi connectivity index (χ2n) is 3.20. The molecule has 0 atom stereocenters. The van der Waals surface area contributed by atoms with E-state index in [2.05, 4.69) is 17.0 Å². The van der Waals surface area contributed by atoms with Crippen LogP contribution in [0.15, 0.2) is 0 Å². The van der Waals surface area contributed by atoms with Crippen molar-refractivity contribution >= 4 is 11.9 Å². The normalized spacial score (nSPS) is 10.1. The lowest BCUT2D eigenvalue weighted by Gasteiger charge is -2.05. The van der Waals surface area contributed by atoms with E-state index in [9.17, 15) is 9.59 Å². The van der Waals surface area contributed by atoms with Crippen LogP contribution in [0.25, 0.3) is 0 Å². The number of carbonyl (C=O) groups excluding carboxylic acids is 1. The Labute approximate surface area is 94.9 Å². The SMILES string of the molecule is CCCCOCCNC(=O)COCC(=O)O. The maximum Gasteiger partial charge on any atom is 0.329 e. The molecule has 0 heterocycles. The molecule has 94 valence electrons. The molecule has 1 amide bonds. The molecule has 2 N–H and O–H groups in total. The summed E-state index contributed by atoms with van der Waals surface area (Å²) < 4.78 is 9.82. The number of ether oxygens (including phenoxy) is 2. The Bertz CT molecular complexity index is 207. The van der Waals surface area contributed by atoms with Crippen molar-refractivity contribution < 1.29 is 24.2 Å². The highest BCUT2D eigenvalue weighted by Crippen LogP contribution is 1.86. The minimum absolute atomic E-state index is 0.235. The summed E-state index contributed by atoms with van der Waals surface area (Å²) in [5.41, 5.74) is 0. The van der Waals surface area contributed by atoms with Gasteiger partial charge in [0.1, 0.15) is 13.2 Å². The largest absolute Gasteiger partial charge is 0.480 e. The molecule has 0 aliphatic carbocycles. The number of amides is 1. The Morgan fingerprint density at radius 1 is 1.19 bits per heavy atom. The Balaban J connectivity index is 3.20. The molecular weight excluding hydrogens is 214 g/mol. The van der Waals surface area contributed by atoms with Gasteiger partial charge in [-0.15, -0.1) is 0 Å². The molecule has 0 aromatic carbocycles. The average molecular weight is 233 g/mol. The van der Waals surface area contributed by atoms with Crippen molar-refractivity contribution in [1.82, 2.24) is 5.32 Å². The number of hydrogen-bond acceptors (Lipinski definition) is 4. The molecular formula is C10H19NO5. The van der Waals surface area contributed by atoms with Crippen LogP contribution in [-0.4, -0.2) is 50.0 Å². The second kappa shape index (κ2) is 10.4. The molecule has 16 heavy (non-hydrogen) atoms. The Kier molecular flexibility index (Phi) is 9.64. The molecule has 0 unspecified atom stereocenters. The van der Waals surface area contributed by atoms with Gasteiger partial charge in [0.05, 0.1) is 6.61 Å². The minimum atomic E-state index is -1.09. The van der Waals surface area contributed by atoms with Crippen LogP contribution >= 0.6 is 0 Å². The molecule has 0 saturated carbocycles. The summed E-state index contributed by atoms with van der Waals surface area (Å²) in [6, 6.07) is 0. The summed E-state index contributed by atoms with van der Waals surface area (Å²) in [7, 11) is 0. The van der Waals surface area contributed by atoms with Gasteiger partial charge in [0, 0.05) is 13.2 Å². The Hall–Kier alpha value is -1.14. The van der Waals surface area contributed by atoms with Gasteiger partial charge in [0.15, 0.2) is 0 Å². The second-order valence-corrected chi connectivity index (χ2v) is 3.20. The molecule has 0 spiro atoms. The summed E-state index contributed by atoms with van der Waals surface area (Å²) in [6.45, 7) is 2.96. The third kappa shape index (κ3) is 10.9. The van der Waals surface area contributed by atoms with E-state index in [-0.39, 0.29) is 12.5 Å². The van der Waals surface area contributed by atoms with E-state index in [4.69, 9.17) is 9.84 Å². The molecule has 0 aliphatic rings. The molecule has 0 radical (unpaired) electrons. The highest BCUT2D eigenvalue weighted by Gasteiger charge is 2.02. The van der Waals surface area contributed by atoms with Crippen LogP contribution in [0.4, 0.5) is 0 Å². The lowest BCUT2D eigenvalue weighted by Crippen LogP contribution is -2.31. The summed E-state index contributed by atoms with van der Waals surface area (Å²) >= 11 is 0. The van der Waals surface area contributed by atoms with Gasteiger partial charge in [-0.2, -0.15) is 0 Å². The predicted octanol–water partition coefficient (Wildman–Crippen LogP) is 0.0205. The number of rotatable bonds is 10. The topological polar surface area (TPSA) is 84.9 Å². The van der Waals surface area contributed by atoms with Crippen molar-refractivity contribution in [3.05, 3.63) is 0 Å². The van der Waals surface area contributed by atoms with E-state index in [1.165, 1.54) is 0 Å². The van der Waals surface area contributed by atoms with Crippen molar-refractivity contribution in [2.45, 2.75) is 19.8 Å². The van der Waals surface area contributed by atoms with E-state index >= 15 is 0 Å². The minimum Gasteiger partial charge on any atom is -0.480 e. The first-order chi connectivity index (χ1) is 7.66. The maximum absolute atomic E-state index is 11.0. The molecule has 6 heteroatoms. The van der Waals surface area contributed by atoms with Crippen LogP contribution < -0.4 is 5.32 Å². The van der Waals surface area contributed by atoms with Crippen molar-refractivity contribution in [3.63, 3.8) is 0 Å². The van der Waals surface area contributed by atoms with E-state index in [0.717, 1.165) is 12.8 Å². The third-order valence-electron chi connectivity index (χ3n) is 1.67. The lowest BCUT2D eigenvalue weighted by molar-refractivity contribution is -0.143. The first-order valence-corrected chi connectivity index (χ1v) is 5.30. The van der Waals surface area contributed by atoms with Crippen LogP contribution in [0.1, 0.15) is 19.8 Å². The average Bonchev–Trinajstić information content (AvgIpc) is 2.22. The Morgan fingerprint density at radius 3 is 2.56 bits per heavy atom. The number of carboxylic acids is 1. The molecule has 0 fully saturated rings. The lowest BCUT2D eigenvalue weighted by atomic mass is 10.4. The van der Waals surface area contributed by atoms with E-state index in [1.54, 1.807) is 0 Å². The van der Waals surface area contributed by atoms with Gasteiger partial charge >= 0.3 is 5.97 Å². The fourth-order valence-corrected chi connectivity index (χ4v) is 0.893. The van der Waals surface area contributed by atoms with Gasteiger partial charge in [-0.3, -0.25) is 4.79 Å². The number of carbonyl (C=O) groups is 2. The van der Waals surface area contributed by atoms with Crippen LogP contribution in [0.3, 0.4) is 0 Å². The monoisotopic (exact) mass is 233 g/mol. The first kappa shape index (κ1) is 14.9. The number of carboxylic acid groups (broad SMARTS) is 1. The summed E-state index contributed by atoms with van der Waals surface area (Å²) in [6.07, 6.45) is 2.09. The van der Waals surface area contributed by atoms with E-state index < -0.39 is 12.6 Å². The van der Waals surface area contributed by atoms with Gasteiger partial charge in [0.25, 0.3) is 0 Å². The highest BCUT2D eigenvalue weighted by molar-refractivity contribution is 5.77. The summed E-state index contributed by atoms with van der Waals surface area (Å²) in [4.78, 5) is 21.1. The molecule has 6 nitrogen and oxygen atoms in total. The van der Waals surface area contributed by atoms with Crippen LogP contribution in [0.2, 0.25) is 0 Å². The molecule has 0 saturated heterocycles. The zero-order valence-corrected chi connectivity index (χ0v) is 9.53. The zero-order chi connectivity index (χ0) is 12.2. The molecule has 0 aliphatic heterocycles. The van der Waals surface area contributed by atoms with Gasteiger partial charge in [0.2, 0.25) is 5.91 Å². The highest BCUT2D eigenvalue weighted by atomic mass is 16.5. The van der Waals surface area contributed by atoms with Crippen molar-refractivity contribution in [2.75, 3.05) is 33.0 Å². The maximum atomic E-state index is 11.0. The summed E-state index contributed by atoms with van der Waals surface area (Å²) in [5.74, 6) is -1.42. The number of nitrogens with one attached hydrogen (secondary N) is 1. The first-order valence-electron chi connectivity index (χ1n) is 5.30. The van der Waals surface area contributed by atoms with Gasteiger partial charge in [-0.05, 0) is 6.42 Å². The Morgan fingerprint density at radius 2 is 1.94 bits per heavy atom. The van der Waals surface area contributed by atoms with Gasteiger partial charge in [-0.1, -0.05) is 13.3 Å². The predicted molar refractivity (Wildman–Crippen MR) is 57.2 cm³/mol.